The van der Waals surface area contributed by atoms with E-state index in [0.717, 1.165) is 17.5 Å². The highest BCUT2D eigenvalue weighted by molar-refractivity contribution is 5.80. The third-order valence-corrected chi connectivity index (χ3v) is 3.38. The van der Waals surface area contributed by atoms with E-state index < -0.39 is 0 Å². The molecule has 0 radical (unpaired) electrons. The molecule has 3 N–H and O–H groups in total. The van der Waals surface area contributed by atoms with Crippen LogP contribution in [0.4, 0.5) is 0 Å². The number of rotatable bonds is 3. The number of phenols is 3. The first-order chi connectivity index (χ1) is 9.10. The molecular weight excluding hydrogens is 240 g/mol. The summed E-state index contributed by atoms with van der Waals surface area (Å²) < 4.78 is 0. The van der Waals surface area contributed by atoms with Gasteiger partial charge in [-0.3, -0.25) is 0 Å². The third-order valence-electron chi connectivity index (χ3n) is 3.38. The van der Waals surface area contributed by atoms with Gasteiger partial charge < -0.3 is 15.3 Å². The molecule has 0 aliphatic heterocycles. The van der Waals surface area contributed by atoms with Crippen molar-refractivity contribution in [3.8, 4) is 28.4 Å². The van der Waals surface area contributed by atoms with Crippen molar-refractivity contribution in [2.24, 2.45) is 0 Å². The van der Waals surface area contributed by atoms with Crippen LogP contribution in [-0.2, 0) is 12.8 Å². The van der Waals surface area contributed by atoms with Crippen LogP contribution in [0.15, 0.2) is 30.3 Å². The summed E-state index contributed by atoms with van der Waals surface area (Å²) >= 11 is 0. The van der Waals surface area contributed by atoms with E-state index in [1.54, 1.807) is 0 Å². The molecule has 2 aromatic rings. The fourth-order valence-electron chi connectivity index (χ4n) is 2.41. The number of hydrogen-bond donors (Lipinski definition) is 3. The minimum absolute atomic E-state index is 0.00644. The highest BCUT2D eigenvalue weighted by atomic mass is 16.3. The minimum Gasteiger partial charge on any atom is -0.507 e. The molecule has 0 aliphatic carbocycles. The smallest absolute Gasteiger partial charge is 0.161 e. The molecule has 0 aliphatic rings. The first-order valence-corrected chi connectivity index (χ1v) is 6.45. The summed E-state index contributed by atoms with van der Waals surface area (Å²) in [5.74, 6) is -0.443. The summed E-state index contributed by atoms with van der Waals surface area (Å²) in [6, 6.07) is 8.96. The van der Waals surface area contributed by atoms with Crippen LogP contribution in [0.1, 0.15) is 25.0 Å². The molecule has 100 valence electrons. The first kappa shape index (κ1) is 13.3. The van der Waals surface area contributed by atoms with Gasteiger partial charge in [0.15, 0.2) is 11.5 Å². The lowest BCUT2D eigenvalue weighted by molar-refractivity contribution is 0.393. The van der Waals surface area contributed by atoms with Crippen LogP contribution in [0.5, 0.6) is 17.2 Å². The Morgan fingerprint density at radius 1 is 0.895 bits per heavy atom. The Bertz CT molecular complexity index is 603. The van der Waals surface area contributed by atoms with Gasteiger partial charge in [-0.05, 0) is 24.0 Å². The Balaban J connectivity index is 2.78. The normalized spacial score (nSPS) is 10.6. The van der Waals surface area contributed by atoms with E-state index >= 15 is 0 Å². The standard InChI is InChI=1S/C16H18O3/c1-3-10-7-5-6-8-12(10)15-11(4-2)16(19)14(18)9-13(15)17/h5-9,17-19H,3-4H2,1-2H3. The molecule has 0 atom stereocenters. The Kier molecular flexibility index (Phi) is 3.65. The molecule has 0 spiro atoms. The van der Waals surface area contributed by atoms with E-state index in [1.807, 2.05) is 38.1 Å². The Morgan fingerprint density at radius 3 is 2.21 bits per heavy atom. The van der Waals surface area contributed by atoms with E-state index in [9.17, 15) is 15.3 Å². The van der Waals surface area contributed by atoms with Gasteiger partial charge in [0.05, 0.1) is 0 Å². The van der Waals surface area contributed by atoms with Crippen LogP contribution in [0.25, 0.3) is 11.1 Å². The SMILES string of the molecule is CCc1ccccc1-c1c(O)cc(O)c(O)c1CC. The molecule has 2 aromatic carbocycles. The average Bonchev–Trinajstić information content (AvgIpc) is 2.42. The summed E-state index contributed by atoms with van der Waals surface area (Å²) in [6.45, 7) is 3.92. The summed E-state index contributed by atoms with van der Waals surface area (Å²) in [6.07, 6.45) is 1.36. The predicted octanol–water partition coefficient (Wildman–Crippen LogP) is 3.60. The second-order valence-electron chi connectivity index (χ2n) is 4.48. The van der Waals surface area contributed by atoms with Gasteiger partial charge in [0.1, 0.15) is 5.75 Å². The minimum atomic E-state index is -0.285. The van der Waals surface area contributed by atoms with Gasteiger partial charge in [-0.2, -0.15) is 0 Å². The summed E-state index contributed by atoms with van der Waals surface area (Å²) in [5, 5.41) is 29.7. The number of hydrogen-bond acceptors (Lipinski definition) is 3. The van der Waals surface area contributed by atoms with Crippen LogP contribution in [0.3, 0.4) is 0 Å². The second kappa shape index (κ2) is 5.22. The van der Waals surface area contributed by atoms with E-state index in [0.29, 0.717) is 17.5 Å². The molecule has 0 bridgehead atoms. The maximum Gasteiger partial charge on any atom is 0.161 e. The number of aromatic hydroxyl groups is 3. The maximum atomic E-state index is 10.1. The quantitative estimate of drug-likeness (QED) is 0.582. The predicted molar refractivity (Wildman–Crippen MR) is 75.6 cm³/mol. The van der Waals surface area contributed by atoms with Gasteiger partial charge in [-0.25, -0.2) is 0 Å². The zero-order valence-electron chi connectivity index (χ0n) is 11.1. The zero-order chi connectivity index (χ0) is 14.0. The van der Waals surface area contributed by atoms with Crippen molar-refractivity contribution in [1.29, 1.82) is 0 Å². The molecule has 0 unspecified atom stereocenters. The summed E-state index contributed by atoms with van der Waals surface area (Å²) in [5.41, 5.74) is 3.17. The van der Waals surface area contributed by atoms with Crippen molar-refractivity contribution in [3.63, 3.8) is 0 Å². The van der Waals surface area contributed by atoms with Crippen molar-refractivity contribution in [2.45, 2.75) is 26.7 Å². The highest BCUT2D eigenvalue weighted by Crippen LogP contribution is 2.44. The van der Waals surface area contributed by atoms with E-state index in [1.165, 1.54) is 6.07 Å². The van der Waals surface area contributed by atoms with E-state index in [2.05, 4.69) is 0 Å². The molecule has 2 rings (SSSR count). The fourth-order valence-corrected chi connectivity index (χ4v) is 2.41. The lowest BCUT2D eigenvalue weighted by atomic mass is 9.91. The van der Waals surface area contributed by atoms with Crippen LogP contribution < -0.4 is 0 Å². The Labute approximate surface area is 112 Å². The van der Waals surface area contributed by atoms with Crippen molar-refractivity contribution in [3.05, 3.63) is 41.5 Å². The lowest BCUT2D eigenvalue weighted by Gasteiger charge is -2.16. The molecule has 0 fully saturated rings. The number of phenolic OH excluding ortho intramolecular Hbond substituents is 3. The van der Waals surface area contributed by atoms with Gasteiger partial charge >= 0.3 is 0 Å². The summed E-state index contributed by atoms with van der Waals surface area (Å²) in [7, 11) is 0. The molecule has 0 saturated heterocycles. The molecule has 0 saturated carbocycles. The first-order valence-electron chi connectivity index (χ1n) is 6.45. The zero-order valence-corrected chi connectivity index (χ0v) is 11.1. The maximum absolute atomic E-state index is 10.1. The lowest BCUT2D eigenvalue weighted by Crippen LogP contribution is -1.94. The Morgan fingerprint density at radius 2 is 1.58 bits per heavy atom. The number of aryl methyl sites for hydroxylation is 1. The van der Waals surface area contributed by atoms with Crippen molar-refractivity contribution in [1.82, 2.24) is 0 Å². The molecule has 19 heavy (non-hydrogen) atoms. The van der Waals surface area contributed by atoms with Gasteiger partial charge in [0.25, 0.3) is 0 Å². The summed E-state index contributed by atoms with van der Waals surface area (Å²) in [4.78, 5) is 0. The van der Waals surface area contributed by atoms with E-state index in [4.69, 9.17) is 0 Å². The van der Waals surface area contributed by atoms with Gasteiger partial charge in [0.2, 0.25) is 0 Å². The van der Waals surface area contributed by atoms with Crippen molar-refractivity contribution >= 4 is 0 Å². The van der Waals surface area contributed by atoms with Crippen LogP contribution in [0.2, 0.25) is 0 Å². The van der Waals surface area contributed by atoms with Gasteiger partial charge in [0, 0.05) is 17.2 Å². The largest absolute Gasteiger partial charge is 0.507 e. The topological polar surface area (TPSA) is 60.7 Å². The van der Waals surface area contributed by atoms with Crippen molar-refractivity contribution < 1.29 is 15.3 Å². The van der Waals surface area contributed by atoms with Crippen LogP contribution in [-0.4, -0.2) is 15.3 Å². The van der Waals surface area contributed by atoms with E-state index in [-0.39, 0.29) is 17.2 Å². The number of benzene rings is 2. The molecule has 0 amide bonds. The molecule has 0 heterocycles. The molecule has 0 aromatic heterocycles. The highest BCUT2D eigenvalue weighted by Gasteiger charge is 2.18. The van der Waals surface area contributed by atoms with Gasteiger partial charge in [-0.1, -0.05) is 38.1 Å². The molecule has 3 nitrogen and oxygen atoms in total. The third kappa shape index (κ3) is 2.24. The van der Waals surface area contributed by atoms with Crippen LogP contribution in [0, 0.1) is 0 Å². The monoisotopic (exact) mass is 258 g/mol. The second-order valence-corrected chi connectivity index (χ2v) is 4.48. The molecule has 3 heteroatoms. The van der Waals surface area contributed by atoms with Gasteiger partial charge in [-0.15, -0.1) is 0 Å². The van der Waals surface area contributed by atoms with Crippen LogP contribution >= 0.6 is 0 Å². The van der Waals surface area contributed by atoms with Crippen molar-refractivity contribution in [2.75, 3.05) is 0 Å². The average molecular weight is 258 g/mol. The fraction of sp³-hybridized carbons (Fsp3) is 0.250. The Hall–Kier alpha value is -2.16. The molecular formula is C16H18O3.